The number of carboxylic acids is 1. The van der Waals surface area contributed by atoms with Crippen LogP contribution in [0.15, 0.2) is 42.5 Å². The van der Waals surface area contributed by atoms with Crippen molar-refractivity contribution < 1.29 is 33.7 Å². The molecule has 9 nitrogen and oxygen atoms in total. The fraction of sp³-hybridized carbons (Fsp3) is 0.444. The van der Waals surface area contributed by atoms with E-state index >= 15 is 0 Å². The van der Waals surface area contributed by atoms with Gasteiger partial charge in [-0.1, -0.05) is 30.3 Å². The zero-order valence-corrected chi connectivity index (χ0v) is 21.2. The molecule has 1 heterocycles. The maximum absolute atomic E-state index is 13.3. The second kappa shape index (κ2) is 12.4. The summed E-state index contributed by atoms with van der Waals surface area (Å²) < 4.78 is 16.0. The lowest BCUT2D eigenvalue weighted by molar-refractivity contribution is -0.152. The van der Waals surface area contributed by atoms with Crippen LogP contribution in [0.2, 0.25) is 0 Å². The normalized spacial score (nSPS) is 16.4. The molecular weight excluding hydrogens is 464 g/mol. The van der Waals surface area contributed by atoms with Gasteiger partial charge >= 0.3 is 11.9 Å². The van der Waals surface area contributed by atoms with E-state index in [-0.39, 0.29) is 31.4 Å². The second-order valence-corrected chi connectivity index (χ2v) is 8.68. The Labute approximate surface area is 211 Å². The van der Waals surface area contributed by atoms with E-state index in [9.17, 15) is 19.5 Å². The van der Waals surface area contributed by atoms with Crippen LogP contribution in [-0.4, -0.2) is 67.3 Å². The molecule has 3 unspecified atom stereocenters. The predicted octanol–water partition coefficient (Wildman–Crippen LogP) is 2.76. The monoisotopic (exact) mass is 498 g/mol. The Bertz CT molecular complexity index is 1070. The third-order valence-corrected chi connectivity index (χ3v) is 6.43. The first kappa shape index (κ1) is 27.0. The lowest BCUT2D eigenvalue weighted by Crippen LogP contribution is -2.54. The third-order valence-electron chi connectivity index (χ3n) is 6.43. The van der Waals surface area contributed by atoms with Crippen molar-refractivity contribution in [1.82, 2.24) is 10.2 Å². The predicted molar refractivity (Wildman–Crippen MR) is 133 cm³/mol. The van der Waals surface area contributed by atoms with Crippen molar-refractivity contribution in [2.45, 2.75) is 51.2 Å². The number of nitrogens with zero attached hydrogens (tertiary/aromatic N) is 1. The van der Waals surface area contributed by atoms with E-state index < -0.39 is 24.0 Å². The highest BCUT2D eigenvalue weighted by atomic mass is 16.5. The number of nitrogens with one attached hydrogen (secondary N) is 1. The van der Waals surface area contributed by atoms with Gasteiger partial charge in [0.2, 0.25) is 5.91 Å². The van der Waals surface area contributed by atoms with Gasteiger partial charge in [0, 0.05) is 13.0 Å². The first-order valence-corrected chi connectivity index (χ1v) is 12.0. The Hall–Kier alpha value is -3.59. The van der Waals surface area contributed by atoms with Gasteiger partial charge in [-0.3, -0.25) is 9.59 Å². The third kappa shape index (κ3) is 6.15. The number of ether oxygens (including phenoxy) is 3. The van der Waals surface area contributed by atoms with Gasteiger partial charge in [0.25, 0.3) is 0 Å². The van der Waals surface area contributed by atoms with Gasteiger partial charge in [0.05, 0.1) is 32.8 Å². The van der Waals surface area contributed by atoms with Gasteiger partial charge in [-0.25, -0.2) is 4.79 Å². The molecule has 2 aromatic rings. The Kier molecular flexibility index (Phi) is 9.30. The van der Waals surface area contributed by atoms with E-state index in [1.165, 1.54) is 19.1 Å². The van der Waals surface area contributed by atoms with Crippen LogP contribution in [0.4, 0.5) is 0 Å². The number of amides is 1. The van der Waals surface area contributed by atoms with E-state index in [0.29, 0.717) is 24.5 Å². The number of carbonyl (C=O) groups is 3. The highest BCUT2D eigenvalue weighted by Crippen LogP contribution is 2.35. The first-order chi connectivity index (χ1) is 17.3. The molecule has 36 heavy (non-hydrogen) atoms. The maximum Gasteiger partial charge on any atom is 0.326 e. The van der Waals surface area contributed by atoms with Crippen LogP contribution in [0, 0.1) is 0 Å². The average molecular weight is 499 g/mol. The van der Waals surface area contributed by atoms with Crippen LogP contribution in [-0.2, 0) is 32.1 Å². The molecule has 0 aromatic heterocycles. The van der Waals surface area contributed by atoms with Gasteiger partial charge in [-0.05, 0) is 55.6 Å². The first-order valence-electron chi connectivity index (χ1n) is 12.0. The Morgan fingerprint density at radius 1 is 1.08 bits per heavy atom. The molecule has 0 saturated heterocycles. The van der Waals surface area contributed by atoms with Gasteiger partial charge in [0.1, 0.15) is 6.04 Å². The molecule has 0 spiro atoms. The van der Waals surface area contributed by atoms with Crippen molar-refractivity contribution in [3.05, 3.63) is 59.2 Å². The molecule has 0 fully saturated rings. The molecule has 3 rings (SSSR count). The average Bonchev–Trinajstić information content (AvgIpc) is 2.89. The number of rotatable bonds is 11. The molecule has 0 radical (unpaired) electrons. The number of hydrogen-bond donors (Lipinski definition) is 2. The number of esters is 1. The summed E-state index contributed by atoms with van der Waals surface area (Å²) in [6.45, 7) is 4.27. The number of carbonyl (C=O) groups excluding carboxylic acids is 2. The van der Waals surface area contributed by atoms with E-state index in [1.807, 2.05) is 30.3 Å². The molecule has 9 heteroatoms. The molecule has 3 atom stereocenters. The van der Waals surface area contributed by atoms with Gasteiger partial charge in [-0.2, -0.15) is 0 Å². The molecule has 1 aliphatic heterocycles. The highest BCUT2D eigenvalue weighted by Gasteiger charge is 2.37. The summed E-state index contributed by atoms with van der Waals surface area (Å²) in [6.07, 6.45) is 0.602. The number of methoxy groups -OCH3 is 2. The largest absolute Gasteiger partial charge is 0.493 e. The summed E-state index contributed by atoms with van der Waals surface area (Å²) in [4.78, 5) is 39.3. The van der Waals surface area contributed by atoms with Crippen molar-refractivity contribution >= 4 is 17.8 Å². The Morgan fingerprint density at radius 3 is 2.31 bits per heavy atom. The zero-order valence-electron chi connectivity index (χ0n) is 21.2. The number of benzene rings is 2. The fourth-order valence-corrected chi connectivity index (χ4v) is 4.49. The summed E-state index contributed by atoms with van der Waals surface area (Å²) >= 11 is 0. The molecule has 1 amide bonds. The molecule has 0 aliphatic carbocycles. The van der Waals surface area contributed by atoms with E-state index in [1.54, 1.807) is 26.0 Å². The molecule has 1 aliphatic rings. The molecule has 2 aromatic carbocycles. The van der Waals surface area contributed by atoms with Crippen molar-refractivity contribution in [3.8, 4) is 11.5 Å². The topological polar surface area (TPSA) is 114 Å². The summed E-state index contributed by atoms with van der Waals surface area (Å²) in [5.41, 5.74) is 2.47. The van der Waals surface area contributed by atoms with E-state index in [0.717, 1.165) is 16.7 Å². The fourth-order valence-electron chi connectivity index (χ4n) is 4.49. The number of aliphatic carboxylic acids is 1. The van der Waals surface area contributed by atoms with Crippen molar-refractivity contribution in [1.29, 1.82) is 0 Å². The maximum atomic E-state index is 13.3. The zero-order chi connectivity index (χ0) is 26.2. The number of carboxylic acid groups (broad SMARTS) is 1. The molecule has 2 N–H and O–H groups in total. The van der Waals surface area contributed by atoms with Crippen LogP contribution in [0.25, 0.3) is 0 Å². The highest BCUT2D eigenvalue weighted by molar-refractivity contribution is 5.87. The van der Waals surface area contributed by atoms with Crippen LogP contribution in [0.1, 0.15) is 42.9 Å². The number of fused-ring (bicyclic) bond motifs is 1. The minimum Gasteiger partial charge on any atom is -0.493 e. The summed E-state index contributed by atoms with van der Waals surface area (Å²) in [7, 11) is 3.05. The van der Waals surface area contributed by atoms with E-state index in [2.05, 4.69) is 5.32 Å². The van der Waals surface area contributed by atoms with Crippen molar-refractivity contribution in [2.24, 2.45) is 0 Å². The van der Waals surface area contributed by atoms with Gasteiger partial charge < -0.3 is 29.5 Å². The van der Waals surface area contributed by atoms with Crippen molar-refractivity contribution in [3.63, 3.8) is 0 Å². The minimum absolute atomic E-state index is 0.146. The van der Waals surface area contributed by atoms with Gasteiger partial charge in [0.15, 0.2) is 11.5 Å². The minimum atomic E-state index is -1.07. The summed E-state index contributed by atoms with van der Waals surface area (Å²) in [5, 5.41) is 13.0. The quantitative estimate of drug-likeness (QED) is 0.455. The lowest BCUT2D eigenvalue weighted by atomic mass is 9.92. The number of hydrogen-bond acceptors (Lipinski definition) is 7. The van der Waals surface area contributed by atoms with Crippen LogP contribution < -0.4 is 14.8 Å². The van der Waals surface area contributed by atoms with Crippen molar-refractivity contribution in [2.75, 3.05) is 27.4 Å². The summed E-state index contributed by atoms with van der Waals surface area (Å²) in [5.74, 6) is -1.12. The Morgan fingerprint density at radius 2 is 1.72 bits per heavy atom. The Balaban J connectivity index is 1.71. The van der Waals surface area contributed by atoms with Crippen LogP contribution in [0.3, 0.4) is 0 Å². The molecule has 0 bridgehead atoms. The standard InChI is InChI=1S/C27H34N2O7/c1-5-36-27(33)21(18-9-7-6-8-10-18)11-12-28-17(2)25(30)29-16-20-15-24(35-4)23(34-3)14-19(20)13-22(29)26(31)32/h6-10,14-15,17,21-22,28H,5,11-13,16H2,1-4H3,(H,31,32). The van der Waals surface area contributed by atoms with Crippen LogP contribution >= 0.6 is 0 Å². The lowest BCUT2D eigenvalue weighted by Gasteiger charge is -2.36. The smallest absolute Gasteiger partial charge is 0.326 e. The second-order valence-electron chi connectivity index (χ2n) is 8.68. The molecule has 194 valence electrons. The van der Waals surface area contributed by atoms with Gasteiger partial charge in [-0.15, -0.1) is 0 Å². The SMILES string of the molecule is CCOC(=O)C(CCNC(C)C(=O)N1Cc2cc(OC)c(OC)cc2CC1C(=O)O)c1ccccc1. The molecular formula is C27H34N2O7. The summed E-state index contributed by atoms with van der Waals surface area (Å²) in [6, 6.07) is 11.3. The molecule has 0 saturated carbocycles. The van der Waals surface area contributed by atoms with E-state index in [4.69, 9.17) is 14.2 Å². The van der Waals surface area contributed by atoms with Crippen LogP contribution in [0.5, 0.6) is 11.5 Å².